The molecule has 0 atom stereocenters. The number of hydrogen-bond donors (Lipinski definition) is 2. The van der Waals surface area contributed by atoms with Gasteiger partial charge in [-0.25, -0.2) is 0 Å². The lowest BCUT2D eigenvalue weighted by atomic mass is 10.6. The smallest absolute Gasteiger partial charge is 0.146 e. The fourth-order valence-electron chi connectivity index (χ4n) is 0.951. The summed E-state index contributed by atoms with van der Waals surface area (Å²) in [6, 6.07) is 0. The Morgan fingerprint density at radius 3 is 1.93 bits per heavy atom. The minimum Gasteiger partial charge on any atom is -0.378 e. The van der Waals surface area contributed by atoms with Gasteiger partial charge >= 0.3 is 0 Å². The molecule has 2 N–H and O–H groups in total. The summed E-state index contributed by atoms with van der Waals surface area (Å²) in [5, 5.41) is 6.37. The Morgan fingerprint density at radius 2 is 1.20 bits per heavy atom. The van der Waals surface area contributed by atoms with Crippen LogP contribution in [0.15, 0.2) is 0 Å². The molecule has 0 unspecified atom stereocenters. The van der Waals surface area contributed by atoms with Gasteiger partial charge in [0.15, 0.2) is 0 Å². The number of hydrogen-bond acceptors (Lipinski definition) is 5. The summed E-state index contributed by atoms with van der Waals surface area (Å²) in [5.41, 5.74) is 0. The topological polar surface area (TPSA) is 51.8 Å². The normalized spacial score (nSPS) is 20.8. The van der Waals surface area contributed by atoms with Crippen molar-refractivity contribution in [2.24, 2.45) is 0 Å². The van der Waals surface area contributed by atoms with Crippen molar-refractivity contribution < 1.29 is 14.2 Å². The zero-order chi connectivity index (χ0) is 9.19. The lowest BCUT2D eigenvalue weighted by molar-refractivity contribution is -0.0670. The lowest BCUT2D eigenvalue weighted by Gasteiger charge is -2.05. The SMILES string of the molecule is C.C.C1COCCOCOCCNCN1. The molecule has 1 aliphatic rings. The van der Waals surface area contributed by atoms with Crippen LogP contribution in [0.25, 0.3) is 0 Å². The molecule has 0 aromatic heterocycles. The molecule has 5 nitrogen and oxygen atoms in total. The van der Waals surface area contributed by atoms with Gasteiger partial charge in [-0.3, -0.25) is 0 Å². The van der Waals surface area contributed by atoms with Gasteiger partial charge in [-0.1, -0.05) is 14.9 Å². The molecule has 1 saturated heterocycles. The van der Waals surface area contributed by atoms with Gasteiger partial charge in [0.05, 0.1) is 26.4 Å². The fourth-order valence-corrected chi connectivity index (χ4v) is 0.951. The molecular formula is C10H26N2O3. The van der Waals surface area contributed by atoms with E-state index in [0.717, 1.165) is 26.4 Å². The van der Waals surface area contributed by atoms with Crippen LogP contribution in [0.3, 0.4) is 0 Å². The van der Waals surface area contributed by atoms with Crippen molar-refractivity contribution >= 4 is 0 Å². The quantitative estimate of drug-likeness (QED) is 0.622. The number of rotatable bonds is 0. The molecule has 0 bridgehead atoms. The zero-order valence-electron chi connectivity index (χ0n) is 7.88. The second-order valence-corrected chi connectivity index (χ2v) is 2.72. The third-order valence-electron chi connectivity index (χ3n) is 1.64. The maximum absolute atomic E-state index is 5.28. The summed E-state index contributed by atoms with van der Waals surface area (Å²) in [4.78, 5) is 0. The van der Waals surface area contributed by atoms with Gasteiger partial charge in [0, 0.05) is 19.8 Å². The Kier molecular flexibility index (Phi) is 15.8. The Labute approximate surface area is 93.5 Å². The molecule has 1 rings (SSSR count). The highest BCUT2D eigenvalue weighted by Crippen LogP contribution is 1.81. The first-order chi connectivity index (χ1) is 6.50. The Bertz CT molecular complexity index is 66.7. The lowest BCUT2D eigenvalue weighted by Crippen LogP contribution is -2.33. The summed E-state index contributed by atoms with van der Waals surface area (Å²) in [6.07, 6.45) is 0. The molecule has 0 saturated carbocycles. The Balaban J connectivity index is 0. The van der Waals surface area contributed by atoms with Crippen molar-refractivity contribution in [1.29, 1.82) is 0 Å². The van der Waals surface area contributed by atoms with Crippen LogP contribution < -0.4 is 10.6 Å². The Morgan fingerprint density at radius 1 is 0.667 bits per heavy atom. The van der Waals surface area contributed by atoms with Crippen molar-refractivity contribution in [2.45, 2.75) is 14.9 Å². The van der Waals surface area contributed by atoms with Crippen LogP contribution in [0.2, 0.25) is 0 Å². The summed E-state index contributed by atoms with van der Waals surface area (Å²) in [5.74, 6) is 0. The third-order valence-corrected chi connectivity index (χ3v) is 1.64. The number of ether oxygens (including phenoxy) is 3. The van der Waals surface area contributed by atoms with Gasteiger partial charge in [-0.05, 0) is 0 Å². The highest BCUT2D eigenvalue weighted by atomic mass is 16.7. The van der Waals surface area contributed by atoms with E-state index < -0.39 is 0 Å². The second-order valence-electron chi connectivity index (χ2n) is 2.72. The molecule has 5 heteroatoms. The van der Waals surface area contributed by atoms with E-state index in [1.54, 1.807) is 0 Å². The average Bonchev–Trinajstić information content (AvgIpc) is 2.18. The van der Waals surface area contributed by atoms with E-state index in [2.05, 4.69) is 10.6 Å². The zero-order valence-corrected chi connectivity index (χ0v) is 7.88. The molecule has 94 valence electrons. The van der Waals surface area contributed by atoms with Gasteiger partial charge < -0.3 is 24.8 Å². The van der Waals surface area contributed by atoms with Crippen molar-refractivity contribution in [1.82, 2.24) is 10.6 Å². The minimum atomic E-state index is 0. The molecule has 15 heavy (non-hydrogen) atoms. The third kappa shape index (κ3) is 11.7. The molecule has 0 aliphatic carbocycles. The highest BCUT2D eigenvalue weighted by Gasteiger charge is 1.93. The van der Waals surface area contributed by atoms with Crippen LogP contribution in [0, 0.1) is 0 Å². The molecule has 0 aromatic rings. The van der Waals surface area contributed by atoms with Crippen LogP contribution in [-0.4, -0.2) is 53.0 Å². The summed E-state index contributed by atoms with van der Waals surface area (Å²) >= 11 is 0. The van der Waals surface area contributed by atoms with E-state index in [4.69, 9.17) is 14.2 Å². The maximum Gasteiger partial charge on any atom is 0.146 e. The van der Waals surface area contributed by atoms with E-state index in [9.17, 15) is 0 Å². The first kappa shape index (κ1) is 17.2. The molecule has 0 radical (unpaired) electrons. The number of nitrogens with one attached hydrogen (secondary N) is 2. The fraction of sp³-hybridized carbons (Fsp3) is 1.00. The van der Waals surface area contributed by atoms with E-state index in [1.165, 1.54) is 0 Å². The largest absolute Gasteiger partial charge is 0.378 e. The minimum absolute atomic E-state index is 0. The molecule has 1 aliphatic heterocycles. The van der Waals surface area contributed by atoms with Crippen LogP contribution in [0.5, 0.6) is 0 Å². The summed E-state index contributed by atoms with van der Waals surface area (Å²) in [6.45, 7) is 5.53. The van der Waals surface area contributed by atoms with Gasteiger partial charge in [0.1, 0.15) is 6.79 Å². The first-order valence-electron chi connectivity index (χ1n) is 4.65. The van der Waals surface area contributed by atoms with Crippen molar-refractivity contribution in [3.8, 4) is 0 Å². The van der Waals surface area contributed by atoms with Gasteiger partial charge in [-0.15, -0.1) is 0 Å². The first-order valence-corrected chi connectivity index (χ1v) is 4.65. The summed E-state index contributed by atoms with van der Waals surface area (Å²) < 4.78 is 15.6. The van der Waals surface area contributed by atoms with E-state index in [1.807, 2.05) is 0 Å². The van der Waals surface area contributed by atoms with Gasteiger partial charge in [-0.2, -0.15) is 0 Å². The molecular weight excluding hydrogens is 196 g/mol. The van der Waals surface area contributed by atoms with Crippen LogP contribution in [-0.2, 0) is 14.2 Å². The predicted molar refractivity (Wildman–Crippen MR) is 61.9 cm³/mol. The molecule has 0 spiro atoms. The predicted octanol–water partition coefficient (Wildman–Crippen LogP) is 0.416. The average molecular weight is 222 g/mol. The van der Waals surface area contributed by atoms with E-state index in [-0.39, 0.29) is 14.9 Å². The van der Waals surface area contributed by atoms with E-state index in [0.29, 0.717) is 26.6 Å². The Hall–Kier alpha value is -0.200. The second kappa shape index (κ2) is 13.8. The summed E-state index contributed by atoms with van der Waals surface area (Å²) in [7, 11) is 0. The standard InChI is InChI=1S/C8H18N2O3.2CH4/c1-3-11-5-6-13-8-12-4-2-10-7-9-1;;/h9-10H,1-8H2;2*1H4. The van der Waals surface area contributed by atoms with Gasteiger partial charge in [0.2, 0.25) is 0 Å². The monoisotopic (exact) mass is 222 g/mol. The molecule has 0 amide bonds. The molecule has 1 heterocycles. The van der Waals surface area contributed by atoms with Crippen LogP contribution >= 0.6 is 0 Å². The molecule has 0 aromatic carbocycles. The van der Waals surface area contributed by atoms with Crippen molar-refractivity contribution in [2.75, 3.05) is 53.0 Å². The molecule has 1 fully saturated rings. The van der Waals surface area contributed by atoms with Crippen LogP contribution in [0.1, 0.15) is 14.9 Å². The van der Waals surface area contributed by atoms with E-state index >= 15 is 0 Å². The highest BCUT2D eigenvalue weighted by molar-refractivity contribution is 4.46. The van der Waals surface area contributed by atoms with Crippen LogP contribution in [0.4, 0.5) is 0 Å². The van der Waals surface area contributed by atoms with Crippen molar-refractivity contribution in [3.63, 3.8) is 0 Å². The van der Waals surface area contributed by atoms with Gasteiger partial charge in [0.25, 0.3) is 0 Å². The maximum atomic E-state index is 5.28. The van der Waals surface area contributed by atoms with Crippen molar-refractivity contribution in [3.05, 3.63) is 0 Å².